The lowest BCUT2D eigenvalue weighted by Gasteiger charge is -2.09. The number of hydrogen-bond donors (Lipinski definition) is 1. The van der Waals surface area contributed by atoms with Crippen molar-refractivity contribution in [2.75, 3.05) is 6.61 Å². The minimum atomic E-state index is -0.638. The second-order valence-corrected chi connectivity index (χ2v) is 3.40. The van der Waals surface area contributed by atoms with Gasteiger partial charge in [-0.3, -0.25) is 4.79 Å². The Morgan fingerprint density at radius 3 is 2.67 bits per heavy atom. The molecule has 6 nitrogen and oxygen atoms in total. The van der Waals surface area contributed by atoms with Crippen LogP contribution < -0.4 is 5.84 Å². The van der Waals surface area contributed by atoms with Gasteiger partial charge in [0.05, 0.1) is 13.0 Å². The average molecular weight is 249 g/mol. The third-order valence-electron chi connectivity index (χ3n) is 2.03. The van der Waals surface area contributed by atoms with Crippen LogP contribution in [0.25, 0.3) is 0 Å². The van der Waals surface area contributed by atoms with Crippen LogP contribution in [0.15, 0.2) is 35.4 Å². The minimum absolute atomic E-state index is 0.123. The first kappa shape index (κ1) is 13.9. The van der Waals surface area contributed by atoms with Crippen LogP contribution in [0, 0.1) is 0 Å². The molecule has 0 saturated heterocycles. The monoisotopic (exact) mass is 249 g/mol. The fourth-order valence-electron chi connectivity index (χ4n) is 1.20. The van der Waals surface area contributed by atoms with Crippen LogP contribution in [0.5, 0.6) is 0 Å². The van der Waals surface area contributed by atoms with Crippen molar-refractivity contribution in [1.29, 1.82) is 0 Å². The summed E-state index contributed by atoms with van der Waals surface area (Å²) in [5, 5.41) is 4.13. The number of nitrogens with two attached hydrogens (primary N) is 1. The van der Waals surface area contributed by atoms with Crippen LogP contribution in [-0.2, 0) is 20.7 Å². The normalized spacial score (nSPS) is 10.3. The van der Waals surface area contributed by atoms with Crippen LogP contribution in [0.3, 0.4) is 0 Å². The van der Waals surface area contributed by atoms with Gasteiger partial charge in [0, 0.05) is 0 Å². The van der Waals surface area contributed by atoms with Gasteiger partial charge in [0.1, 0.15) is 6.21 Å². The van der Waals surface area contributed by atoms with E-state index in [4.69, 9.17) is 5.84 Å². The highest BCUT2D eigenvalue weighted by Gasteiger charge is 2.09. The molecule has 0 unspecified atom stereocenters. The summed E-state index contributed by atoms with van der Waals surface area (Å²) >= 11 is 0. The quantitative estimate of drug-likeness (QED) is 0.270. The first-order valence-electron chi connectivity index (χ1n) is 5.45. The topological polar surface area (TPSA) is 85.0 Å². The van der Waals surface area contributed by atoms with Gasteiger partial charge in [0.25, 0.3) is 5.91 Å². The van der Waals surface area contributed by atoms with Gasteiger partial charge in [0.15, 0.2) is 0 Å². The summed E-state index contributed by atoms with van der Waals surface area (Å²) in [5.41, 5.74) is 0.823. The second kappa shape index (κ2) is 7.18. The molecule has 1 aromatic rings. The summed E-state index contributed by atoms with van der Waals surface area (Å²) < 4.78 is 4.61. The number of hydrazone groups is 1. The van der Waals surface area contributed by atoms with Gasteiger partial charge in [-0.2, -0.15) is 10.2 Å². The summed E-state index contributed by atoms with van der Waals surface area (Å²) in [5.74, 6) is 4.33. The Bertz CT molecular complexity index is 431. The highest BCUT2D eigenvalue weighted by atomic mass is 16.5. The SMILES string of the molecule is CCOC(=O)C=NN(N)C(=O)Cc1ccccc1. The minimum Gasteiger partial charge on any atom is -0.462 e. The van der Waals surface area contributed by atoms with Gasteiger partial charge >= 0.3 is 5.97 Å². The first-order valence-corrected chi connectivity index (χ1v) is 5.45. The van der Waals surface area contributed by atoms with Crippen LogP contribution in [0.4, 0.5) is 0 Å². The zero-order valence-corrected chi connectivity index (χ0v) is 10.1. The molecular formula is C12H15N3O3. The molecule has 2 N–H and O–H groups in total. The van der Waals surface area contributed by atoms with Crippen molar-refractivity contribution in [2.45, 2.75) is 13.3 Å². The molecule has 0 fully saturated rings. The Hall–Kier alpha value is -2.21. The lowest BCUT2D eigenvalue weighted by atomic mass is 10.1. The number of amides is 1. The van der Waals surface area contributed by atoms with Crippen molar-refractivity contribution >= 4 is 18.1 Å². The molecule has 0 spiro atoms. The predicted molar refractivity (Wildman–Crippen MR) is 66.3 cm³/mol. The number of hydrogen-bond acceptors (Lipinski definition) is 5. The van der Waals surface area contributed by atoms with E-state index in [2.05, 4.69) is 9.84 Å². The maximum atomic E-state index is 11.6. The third kappa shape index (κ3) is 4.75. The lowest BCUT2D eigenvalue weighted by Crippen LogP contribution is -2.34. The van der Waals surface area contributed by atoms with Gasteiger partial charge in [-0.15, -0.1) is 0 Å². The summed E-state index contributed by atoms with van der Waals surface area (Å²) in [6, 6.07) is 9.12. The second-order valence-electron chi connectivity index (χ2n) is 3.40. The Balaban J connectivity index is 2.49. The number of ether oxygens (including phenoxy) is 1. The summed E-state index contributed by atoms with van der Waals surface area (Å²) in [6.07, 6.45) is 0.990. The molecule has 0 aliphatic heterocycles. The van der Waals surface area contributed by atoms with Gasteiger partial charge in [0.2, 0.25) is 0 Å². The molecule has 0 bridgehead atoms. The maximum absolute atomic E-state index is 11.6. The largest absolute Gasteiger partial charge is 0.462 e. The van der Waals surface area contributed by atoms with Crippen LogP contribution in [-0.4, -0.2) is 29.8 Å². The molecule has 1 aromatic carbocycles. The zero-order valence-electron chi connectivity index (χ0n) is 10.1. The number of carbonyl (C=O) groups is 2. The third-order valence-corrected chi connectivity index (χ3v) is 2.03. The molecule has 0 saturated carbocycles. The van der Waals surface area contributed by atoms with E-state index >= 15 is 0 Å². The molecule has 0 heterocycles. The Labute approximate surface area is 105 Å². The number of nitrogens with zero attached hydrogens (tertiary/aromatic N) is 2. The standard InChI is InChI=1S/C12H15N3O3/c1-2-18-12(17)9-14-15(13)11(16)8-10-6-4-3-5-7-10/h3-7,9H,2,8,13H2,1H3. The Morgan fingerprint density at radius 2 is 2.06 bits per heavy atom. The number of esters is 1. The molecule has 1 amide bonds. The lowest BCUT2D eigenvalue weighted by molar-refractivity contribution is -0.134. The van der Waals surface area contributed by atoms with Crippen molar-refractivity contribution in [2.24, 2.45) is 10.9 Å². The van der Waals surface area contributed by atoms with Crippen molar-refractivity contribution in [3.63, 3.8) is 0 Å². The molecular weight excluding hydrogens is 234 g/mol. The van der Waals surface area contributed by atoms with Crippen molar-refractivity contribution in [3.05, 3.63) is 35.9 Å². The highest BCUT2D eigenvalue weighted by molar-refractivity contribution is 6.23. The van der Waals surface area contributed by atoms with E-state index in [1.165, 1.54) is 0 Å². The first-order chi connectivity index (χ1) is 8.63. The number of rotatable bonds is 5. The molecule has 1 rings (SSSR count). The number of hydrazine groups is 1. The van der Waals surface area contributed by atoms with Crippen LogP contribution in [0.1, 0.15) is 12.5 Å². The summed E-state index contributed by atoms with van der Waals surface area (Å²) in [4.78, 5) is 22.6. The number of carbonyl (C=O) groups excluding carboxylic acids is 2. The van der Waals surface area contributed by atoms with Crippen molar-refractivity contribution in [3.8, 4) is 0 Å². The zero-order chi connectivity index (χ0) is 13.4. The molecule has 6 heteroatoms. The predicted octanol–water partition coefficient (Wildman–Crippen LogP) is 0.480. The van der Waals surface area contributed by atoms with E-state index in [1.54, 1.807) is 19.1 Å². The van der Waals surface area contributed by atoms with Gasteiger partial charge in [-0.25, -0.2) is 10.6 Å². The average Bonchev–Trinajstić information content (AvgIpc) is 2.37. The molecule has 0 aliphatic carbocycles. The highest BCUT2D eigenvalue weighted by Crippen LogP contribution is 2.01. The van der Waals surface area contributed by atoms with E-state index < -0.39 is 11.9 Å². The smallest absolute Gasteiger partial charge is 0.351 e. The van der Waals surface area contributed by atoms with E-state index in [1.807, 2.05) is 18.2 Å². The van der Waals surface area contributed by atoms with Gasteiger partial charge in [-0.1, -0.05) is 30.3 Å². The van der Waals surface area contributed by atoms with E-state index in [9.17, 15) is 9.59 Å². The molecule has 0 radical (unpaired) electrons. The molecule has 0 atom stereocenters. The summed E-state index contributed by atoms with van der Waals surface area (Å²) in [7, 11) is 0. The van der Waals surface area contributed by atoms with Gasteiger partial charge in [-0.05, 0) is 12.5 Å². The Kier molecular flexibility index (Phi) is 5.53. The molecule has 0 aromatic heterocycles. The fourth-order valence-corrected chi connectivity index (χ4v) is 1.20. The van der Waals surface area contributed by atoms with E-state index in [0.29, 0.717) is 5.12 Å². The van der Waals surface area contributed by atoms with Crippen molar-refractivity contribution < 1.29 is 14.3 Å². The van der Waals surface area contributed by atoms with Gasteiger partial charge < -0.3 is 4.74 Å². The molecule has 0 aliphatic rings. The fraction of sp³-hybridized carbons (Fsp3) is 0.250. The Morgan fingerprint density at radius 1 is 1.39 bits per heavy atom. The molecule has 18 heavy (non-hydrogen) atoms. The van der Waals surface area contributed by atoms with Crippen LogP contribution >= 0.6 is 0 Å². The maximum Gasteiger partial charge on any atom is 0.351 e. The van der Waals surface area contributed by atoms with E-state index in [-0.39, 0.29) is 13.0 Å². The summed E-state index contributed by atoms with van der Waals surface area (Å²) in [6.45, 7) is 1.92. The molecule has 96 valence electrons. The van der Waals surface area contributed by atoms with Crippen LogP contribution in [0.2, 0.25) is 0 Å². The number of benzene rings is 1. The van der Waals surface area contributed by atoms with E-state index in [0.717, 1.165) is 11.8 Å². The van der Waals surface area contributed by atoms with Crippen molar-refractivity contribution in [1.82, 2.24) is 5.12 Å².